The molecule has 5 aliphatic heterocycles. The number of anilines is 2. The molecule has 430 valence electrons. The summed E-state index contributed by atoms with van der Waals surface area (Å²) in [5.41, 5.74) is 10.4. The zero-order chi connectivity index (χ0) is 58.5. The Morgan fingerprint density at radius 1 is 1.02 bits per heavy atom. The number of esters is 1. The number of nitrogens with one attached hydrogen (secondary N) is 1. The molecule has 3 aromatic carbocycles. The summed E-state index contributed by atoms with van der Waals surface area (Å²) in [5.74, 6) is -2.96. The van der Waals surface area contributed by atoms with Crippen molar-refractivity contribution in [1.82, 2.24) is 34.6 Å². The molecule has 6 aliphatic rings. The maximum Gasteiger partial charge on any atom is 0.407 e. The molecule has 3 N–H and O–H groups in total. The Hall–Kier alpha value is -7.87. The van der Waals surface area contributed by atoms with Crippen molar-refractivity contribution in [3.05, 3.63) is 115 Å². The molecule has 23 heteroatoms. The number of hydrogen-bond acceptors (Lipinski definition) is 15. The number of thiophene rings is 1. The minimum absolute atomic E-state index is 0.00656. The van der Waals surface area contributed by atoms with Crippen molar-refractivity contribution in [2.75, 3.05) is 63.0 Å². The number of aryl methyl sites for hydroxylation is 1. The lowest BCUT2D eigenvalue weighted by molar-refractivity contribution is -0.148. The van der Waals surface area contributed by atoms with Crippen LogP contribution in [-0.2, 0) is 38.6 Å². The minimum atomic E-state index is -1.02. The fourth-order valence-electron chi connectivity index (χ4n) is 13.6. The Morgan fingerprint density at radius 2 is 1.82 bits per heavy atom. The number of amides is 2. The standard InChI is InChI=1S/C59H54F4N10O7S.CH3Cl/c1-5-31-36-17-44-49-38(23-73(44)55(75)39(36)25-78-56(31)76)47-42(12-10-32-29(4)41(62)18-43(66-49)46(32)47)67-58(77)79-24-27(2)54(74)70-15-16-72(28(3)21-70)53-35-8-7-34(33-9-11-40(61)51-45(33)37(20-64)52(65)81-51)48(63)50(35)68-57(69-53)80-26-59-13-6-14-71(59)22-30(60)19-59;1-2/h7-9,11,17-18,28,30-31,42H,2,5-6,10,12-16,19,21-26,65H2,1,3-4H3,(H,67,77);1H3/t28-,30?,31?,42?,59-;/m0./s1. The average molecular weight is 1170 g/mol. The number of piperazine rings is 1. The van der Waals surface area contributed by atoms with Gasteiger partial charge in [0.1, 0.15) is 60.0 Å². The van der Waals surface area contributed by atoms with Gasteiger partial charge in [-0.05, 0) is 98.5 Å². The van der Waals surface area contributed by atoms with Gasteiger partial charge in [-0.2, -0.15) is 15.2 Å². The predicted octanol–water partition coefficient (Wildman–Crippen LogP) is 9.80. The van der Waals surface area contributed by atoms with E-state index in [4.69, 9.17) is 29.9 Å². The molecule has 0 bridgehead atoms. The van der Waals surface area contributed by atoms with Gasteiger partial charge < -0.3 is 39.6 Å². The molecule has 9 heterocycles. The molecule has 3 fully saturated rings. The van der Waals surface area contributed by atoms with Gasteiger partial charge in [-0.1, -0.05) is 25.6 Å². The van der Waals surface area contributed by atoms with Gasteiger partial charge in [0.15, 0.2) is 5.82 Å². The predicted molar refractivity (Wildman–Crippen MR) is 306 cm³/mol. The van der Waals surface area contributed by atoms with Gasteiger partial charge in [-0.15, -0.1) is 22.9 Å². The van der Waals surface area contributed by atoms with Gasteiger partial charge in [0.05, 0.1) is 56.8 Å². The van der Waals surface area contributed by atoms with Gasteiger partial charge in [-0.25, -0.2) is 27.3 Å². The Balaban J connectivity index is 0.00000336. The van der Waals surface area contributed by atoms with Crippen molar-refractivity contribution in [3.63, 3.8) is 0 Å². The molecule has 17 nitrogen and oxygen atoms in total. The van der Waals surface area contributed by atoms with E-state index in [1.165, 1.54) is 30.6 Å². The number of ether oxygens (including phenoxy) is 3. The summed E-state index contributed by atoms with van der Waals surface area (Å²) in [4.78, 5) is 74.8. The smallest absolute Gasteiger partial charge is 0.407 e. The topological polar surface area (TPSA) is 211 Å². The number of pyridine rings is 2. The van der Waals surface area contributed by atoms with Crippen LogP contribution in [-0.4, -0.2) is 117 Å². The van der Waals surface area contributed by atoms with Crippen molar-refractivity contribution in [1.29, 1.82) is 5.26 Å². The second-order valence-electron chi connectivity index (χ2n) is 22.1. The lowest BCUT2D eigenvalue weighted by atomic mass is 9.81. The number of nitriles is 1. The lowest BCUT2D eigenvalue weighted by Crippen LogP contribution is -2.54. The second kappa shape index (κ2) is 21.4. The number of fused-ring (bicyclic) bond motifs is 8. The summed E-state index contributed by atoms with van der Waals surface area (Å²) in [6.07, 6.45) is 2.70. The Labute approximate surface area is 482 Å². The summed E-state index contributed by atoms with van der Waals surface area (Å²) in [7, 11) is 0. The number of halogens is 5. The second-order valence-corrected chi connectivity index (χ2v) is 23.2. The summed E-state index contributed by atoms with van der Waals surface area (Å²) in [5, 5.41) is 14.3. The number of nitrogens with two attached hydrogens (primary N) is 1. The Morgan fingerprint density at radius 3 is 2.59 bits per heavy atom. The van der Waals surface area contributed by atoms with Gasteiger partial charge in [-0.3, -0.25) is 19.3 Å². The molecule has 0 spiro atoms. The minimum Gasteiger partial charge on any atom is -0.461 e. The van der Waals surface area contributed by atoms with E-state index < -0.39 is 71.7 Å². The van der Waals surface area contributed by atoms with Crippen LogP contribution in [0.5, 0.6) is 6.01 Å². The Bertz CT molecular complexity index is 4060. The molecule has 7 aromatic rings. The molecule has 3 saturated heterocycles. The highest BCUT2D eigenvalue weighted by Gasteiger charge is 2.50. The van der Waals surface area contributed by atoms with Crippen LogP contribution < -0.4 is 26.2 Å². The highest BCUT2D eigenvalue weighted by molar-refractivity contribution is 7.23. The van der Waals surface area contributed by atoms with Crippen LogP contribution in [0.2, 0.25) is 0 Å². The average Bonchev–Trinajstić information content (AvgIpc) is 3.21. The molecule has 13 rings (SSSR count). The zero-order valence-electron chi connectivity index (χ0n) is 45.9. The van der Waals surface area contributed by atoms with E-state index in [0.29, 0.717) is 93.5 Å². The lowest BCUT2D eigenvalue weighted by Gasteiger charge is -2.41. The van der Waals surface area contributed by atoms with Crippen LogP contribution in [0.25, 0.3) is 54.4 Å². The van der Waals surface area contributed by atoms with Crippen molar-refractivity contribution in [3.8, 4) is 34.6 Å². The summed E-state index contributed by atoms with van der Waals surface area (Å²) in [6, 6.07) is 9.81. The number of hydrogen-bond donors (Lipinski definition) is 2. The van der Waals surface area contributed by atoms with E-state index >= 15 is 13.2 Å². The summed E-state index contributed by atoms with van der Waals surface area (Å²) < 4.78 is 82.0. The number of nitrogen functional groups attached to an aromatic ring is 1. The van der Waals surface area contributed by atoms with Crippen LogP contribution in [0.4, 0.5) is 33.2 Å². The van der Waals surface area contributed by atoms with E-state index in [0.717, 1.165) is 29.9 Å². The maximum absolute atomic E-state index is 17.3. The normalized spacial score (nSPS) is 21.4. The van der Waals surface area contributed by atoms with E-state index in [2.05, 4.69) is 33.4 Å². The summed E-state index contributed by atoms with van der Waals surface area (Å²) >= 11 is 5.54. The van der Waals surface area contributed by atoms with Crippen LogP contribution in [0.1, 0.15) is 96.9 Å². The molecule has 83 heavy (non-hydrogen) atoms. The highest BCUT2D eigenvalue weighted by atomic mass is 35.5. The first kappa shape index (κ1) is 55.7. The molecule has 1 aliphatic carbocycles. The third-order valence-electron chi connectivity index (χ3n) is 17.6. The Kier molecular flexibility index (Phi) is 14.3. The van der Waals surface area contributed by atoms with Crippen LogP contribution >= 0.6 is 22.9 Å². The van der Waals surface area contributed by atoms with Crippen LogP contribution in [0.3, 0.4) is 0 Å². The number of alkyl carbamates (subject to hydrolysis) is 1. The summed E-state index contributed by atoms with van der Waals surface area (Å²) in [6.45, 7) is 10.6. The van der Waals surface area contributed by atoms with Crippen molar-refractivity contribution in [2.45, 2.75) is 102 Å². The third kappa shape index (κ3) is 9.08. The van der Waals surface area contributed by atoms with Gasteiger partial charge in [0.2, 0.25) is 0 Å². The van der Waals surface area contributed by atoms with Gasteiger partial charge >= 0.3 is 18.1 Å². The van der Waals surface area contributed by atoms with E-state index in [1.807, 2.05) is 30.9 Å². The number of benzene rings is 3. The number of carbonyl (C=O) groups excluding carboxylic acids is 3. The fourth-order valence-corrected chi connectivity index (χ4v) is 14.5. The molecule has 5 atom stereocenters. The number of carbonyl (C=O) groups is 3. The maximum atomic E-state index is 17.3. The molecule has 0 saturated carbocycles. The van der Waals surface area contributed by atoms with E-state index in [-0.39, 0.29) is 100 Å². The number of rotatable bonds is 10. The first-order valence-corrected chi connectivity index (χ1v) is 29.1. The van der Waals surface area contributed by atoms with Crippen molar-refractivity contribution in [2.24, 2.45) is 0 Å². The van der Waals surface area contributed by atoms with E-state index in [1.54, 1.807) is 22.5 Å². The first-order chi connectivity index (χ1) is 40.0. The van der Waals surface area contributed by atoms with Gasteiger partial charge in [0, 0.05) is 83.9 Å². The monoisotopic (exact) mass is 1170 g/mol. The van der Waals surface area contributed by atoms with Crippen LogP contribution in [0, 0.1) is 35.7 Å². The van der Waals surface area contributed by atoms with Gasteiger partial charge in [0.25, 0.3) is 11.5 Å². The molecule has 2 amide bonds. The number of nitrogens with zero attached hydrogens (tertiary/aromatic N) is 8. The molecular formula is C60H57ClF4N10O7S. The fraction of sp³-hybridized carbons (Fsp3) is 0.400. The van der Waals surface area contributed by atoms with Crippen molar-refractivity contribution >= 4 is 83.6 Å². The SMILES string of the molecule is C=C(COC(=O)NC1CCc2c(C)c(F)cc3nc4c(c1c23)Cn1c-4cc2c(c1=O)COC(=O)C2CC)C(=O)N1CCN(c2nc(OC[C@@]34CCCN3CC(F)C4)nc3c(F)c(-c4ccc(F)c5sc(N)c(C#N)c45)ccc23)[C@@H](C)C1.CCl. The van der Waals surface area contributed by atoms with Crippen LogP contribution in [0.15, 0.2) is 53.3 Å². The third-order valence-corrected chi connectivity index (χ3v) is 18.6. The number of aromatic nitrogens is 4. The zero-order valence-corrected chi connectivity index (χ0v) is 47.5. The number of cyclic esters (lactones) is 1. The highest BCUT2D eigenvalue weighted by Crippen LogP contribution is 2.48. The molecule has 4 aromatic heterocycles. The first-order valence-electron chi connectivity index (χ1n) is 27.5. The molecule has 0 radical (unpaired) electrons. The van der Waals surface area contributed by atoms with Crippen molar-refractivity contribution < 1.29 is 46.2 Å². The molecular weight excluding hydrogens is 1120 g/mol. The van der Waals surface area contributed by atoms with E-state index in [9.17, 15) is 28.8 Å². The largest absolute Gasteiger partial charge is 0.461 e. The molecule has 3 unspecified atom stereocenters. The quantitative estimate of drug-likeness (QED) is 0.0565. The number of alkyl halides is 2.